The molecular formula is C10H14N2S. The molecule has 0 radical (unpaired) electrons. The highest BCUT2D eigenvalue weighted by Gasteiger charge is 2.01. The van der Waals surface area contributed by atoms with E-state index in [0.717, 1.165) is 19.3 Å². The number of nitrogens with one attached hydrogen (secondary N) is 1. The molecule has 0 aromatic carbocycles. The van der Waals surface area contributed by atoms with Crippen LogP contribution in [0.1, 0.15) is 17.7 Å². The van der Waals surface area contributed by atoms with Gasteiger partial charge in [-0.1, -0.05) is 12.0 Å². The highest BCUT2D eigenvalue weighted by molar-refractivity contribution is 7.09. The number of nitrogens with two attached hydrogens (primary N) is 1. The Labute approximate surface area is 83.1 Å². The summed E-state index contributed by atoms with van der Waals surface area (Å²) in [6.45, 7) is 0. The lowest BCUT2D eigenvalue weighted by Crippen LogP contribution is -2.33. The van der Waals surface area contributed by atoms with Crippen LogP contribution in [-0.4, -0.2) is 6.04 Å². The van der Waals surface area contributed by atoms with E-state index in [1.807, 2.05) is 0 Å². The average molecular weight is 194 g/mol. The summed E-state index contributed by atoms with van der Waals surface area (Å²) in [6.07, 6.45) is 8.37. The lowest BCUT2D eigenvalue weighted by atomic mass is 10.1. The van der Waals surface area contributed by atoms with E-state index >= 15 is 0 Å². The van der Waals surface area contributed by atoms with E-state index in [2.05, 4.69) is 28.9 Å². The van der Waals surface area contributed by atoms with E-state index < -0.39 is 0 Å². The van der Waals surface area contributed by atoms with Gasteiger partial charge in [0.25, 0.3) is 0 Å². The predicted octanol–water partition coefficient (Wildman–Crippen LogP) is 1.54. The molecule has 1 unspecified atom stereocenters. The van der Waals surface area contributed by atoms with Crippen LogP contribution in [0, 0.1) is 12.3 Å². The van der Waals surface area contributed by atoms with Gasteiger partial charge in [-0.15, -0.1) is 17.8 Å². The maximum atomic E-state index is 5.25. The summed E-state index contributed by atoms with van der Waals surface area (Å²) in [5, 5.41) is 2.09. The summed E-state index contributed by atoms with van der Waals surface area (Å²) >= 11 is 1.79. The maximum Gasteiger partial charge on any atom is 0.0815 e. The van der Waals surface area contributed by atoms with Gasteiger partial charge in [0.15, 0.2) is 0 Å². The van der Waals surface area contributed by atoms with Crippen molar-refractivity contribution in [2.45, 2.75) is 25.3 Å². The van der Waals surface area contributed by atoms with Crippen molar-refractivity contribution in [3.8, 4) is 12.3 Å². The molecule has 13 heavy (non-hydrogen) atoms. The first-order valence-corrected chi connectivity index (χ1v) is 5.19. The van der Waals surface area contributed by atoms with E-state index in [4.69, 9.17) is 12.3 Å². The van der Waals surface area contributed by atoms with Crippen molar-refractivity contribution >= 4 is 11.3 Å². The summed E-state index contributed by atoms with van der Waals surface area (Å²) in [6, 6.07) is 4.23. The number of thiophene rings is 1. The van der Waals surface area contributed by atoms with Crippen molar-refractivity contribution in [3.05, 3.63) is 22.4 Å². The Bertz CT molecular complexity index is 261. The lowest BCUT2D eigenvalue weighted by molar-refractivity contribution is 0.569. The summed E-state index contributed by atoms with van der Waals surface area (Å²) < 4.78 is 0. The molecule has 0 saturated heterocycles. The fraction of sp³-hybridized carbons (Fsp3) is 0.400. The molecule has 1 aromatic rings. The van der Waals surface area contributed by atoms with Gasteiger partial charge in [-0.2, -0.15) is 0 Å². The lowest BCUT2D eigenvalue weighted by Gasteiger charge is -2.07. The first-order valence-electron chi connectivity index (χ1n) is 4.31. The highest BCUT2D eigenvalue weighted by Crippen LogP contribution is 2.12. The van der Waals surface area contributed by atoms with Crippen LogP contribution in [0.4, 0.5) is 0 Å². The SMILES string of the molecule is C#CC(CCCc1cccs1)NN. The molecule has 1 aromatic heterocycles. The summed E-state index contributed by atoms with van der Waals surface area (Å²) in [5.74, 6) is 7.85. The Morgan fingerprint density at radius 2 is 2.54 bits per heavy atom. The first-order chi connectivity index (χ1) is 6.36. The minimum atomic E-state index is 0.0139. The van der Waals surface area contributed by atoms with Crippen molar-refractivity contribution in [2.24, 2.45) is 5.84 Å². The third-order valence-corrected chi connectivity index (χ3v) is 2.83. The Kier molecular flexibility index (Phi) is 4.55. The fourth-order valence-electron chi connectivity index (χ4n) is 1.15. The Morgan fingerprint density at radius 3 is 3.08 bits per heavy atom. The van der Waals surface area contributed by atoms with Gasteiger partial charge < -0.3 is 0 Å². The fourth-order valence-corrected chi connectivity index (χ4v) is 1.90. The van der Waals surface area contributed by atoms with Crippen molar-refractivity contribution in [3.63, 3.8) is 0 Å². The molecular weight excluding hydrogens is 180 g/mol. The molecule has 0 fully saturated rings. The first kappa shape index (κ1) is 10.3. The van der Waals surface area contributed by atoms with Crippen LogP contribution in [0.5, 0.6) is 0 Å². The van der Waals surface area contributed by atoms with Gasteiger partial charge in [0, 0.05) is 4.88 Å². The van der Waals surface area contributed by atoms with E-state index in [1.54, 1.807) is 11.3 Å². The van der Waals surface area contributed by atoms with Crippen molar-refractivity contribution in [1.29, 1.82) is 0 Å². The molecule has 0 amide bonds. The molecule has 2 nitrogen and oxygen atoms in total. The molecule has 0 aliphatic rings. The molecule has 0 saturated carbocycles. The molecule has 3 heteroatoms. The topological polar surface area (TPSA) is 38.0 Å². The van der Waals surface area contributed by atoms with Gasteiger partial charge >= 0.3 is 0 Å². The molecule has 3 N–H and O–H groups in total. The number of hydrogen-bond donors (Lipinski definition) is 2. The molecule has 0 aliphatic heterocycles. The monoisotopic (exact) mass is 194 g/mol. The van der Waals surface area contributed by atoms with Crippen molar-refractivity contribution in [1.82, 2.24) is 5.43 Å². The van der Waals surface area contributed by atoms with Gasteiger partial charge in [0.05, 0.1) is 6.04 Å². The smallest absolute Gasteiger partial charge is 0.0815 e. The van der Waals surface area contributed by atoms with Crippen LogP contribution in [0.3, 0.4) is 0 Å². The van der Waals surface area contributed by atoms with Gasteiger partial charge in [0.1, 0.15) is 0 Å². The van der Waals surface area contributed by atoms with Gasteiger partial charge in [0.2, 0.25) is 0 Å². The van der Waals surface area contributed by atoms with Gasteiger partial charge in [-0.3, -0.25) is 5.84 Å². The van der Waals surface area contributed by atoms with Gasteiger partial charge in [-0.25, -0.2) is 5.43 Å². The number of rotatable bonds is 5. The van der Waals surface area contributed by atoms with Crippen LogP contribution in [0.15, 0.2) is 17.5 Å². The quantitative estimate of drug-likeness (QED) is 0.424. The van der Waals surface area contributed by atoms with Crippen molar-refractivity contribution < 1.29 is 0 Å². The predicted molar refractivity (Wildman–Crippen MR) is 57.2 cm³/mol. The van der Waals surface area contributed by atoms with E-state index in [1.165, 1.54) is 4.88 Å². The van der Waals surface area contributed by atoms with Crippen LogP contribution in [0.25, 0.3) is 0 Å². The van der Waals surface area contributed by atoms with E-state index in [0.29, 0.717) is 0 Å². The second kappa shape index (κ2) is 5.76. The molecule has 70 valence electrons. The van der Waals surface area contributed by atoms with Crippen LogP contribution < -0.4 is 11.3 Å². The zero-order valence-electron chi connectivity index (χ0n) is 7.49. The summed E-state index contributed by atoms with van der Waals surface area (Å²) in [7, 11) is 0. The zero-order valence-corrected chi connectivity index (χ0v) is 8.31. The van der Waals surface area contributed by atoms with Crippen LogP contribution in [-0.2, 0) is 6.42 Å². The minimum absolute atomic E-state index is 0.0139. The average Bonchev–Trinajstić information content (AvgIpc) is 2.65. The van der Waals surface area contributed by atoms with E-state index in [-0.39, 0.29) is 6.04 Å². The Balaban J connectivity index is 2.18. The molecule has 0 spiro atoms. The van der Waals surface area contributed by atoms with Crippen molar-refractivity contribution in [2.75, 3.05) is 0 Å². The second-order valence-electron chi connectivity index (χ2n) is 2.86. The number of hydrogen-bond acceptors (Lipinski definition) is 3. The van der Waals surface area contributed by atoms with Crippen LogP contribution >= 0.6 is 11.3 Å². The largest absolute Gasteiger partial charge is 0.270 e. The minimum Gasteiger partial charge on any atom is -0.270 e. The number of aryl methyl sites for hydroxylation is 1. The maximum absolute atomic E-state index is 5.25. The molecule has 0 aliphatic carbocycles. The molecule has 1 heterocycles. The summed E-state index contributed by atoms with van der Waals surface area (Å²) in [5.41, 5.74) is 2.60. The number of terminal acetylenes is 1. The normalized spacial score (nSPS) is 12.3. The second-order valence-corrected chi connectivity index (χ2v) is 3.89. The molecule has 0 bridgehead atoms. The third-order valence-electron chi connectivity index (χ3n) is 1.90. The number of hydrazine groups is 1. The standard InChI is InChI=1S/C10H14N2S/c1-2-9(12-11)5-3-6-10-7-4-8-13-10/h1,4,7-9,12H,3,5-6,11H2. The summed E-state index contributed by atoms with van der Waals surface area (Å²) in [4.78, 5) is 1.41. The Hall–Kier alpha value is -0.820. The van der Waals surface area contributed by atoms with Crippen LogP contribution in [0.2, 0.25) is 0 Å². The third kappa shape index (κ3) is 3.60. The van der Waals surface area contributed by atoms with Gasteiger partial charge in [-0.05, 0) is 30.7 Å². The Morgan fingerprint density at radius 1 is 1.69 bits per heavy atom. The molecule has 1 atom stereocenters. The highest BCUT2D eigenvalue weighted by atomic mass is 32.1. The molecule has 1 rings (SSSR count). The van der Waals surface area contributed by atoms with E-state index in [9.17, 15) is 0 Å². The zero-order chi connectivity index (χ0) is 9.52.